The summed E-state index contributed by atoms with van der Waals surface area (Å²) < 4.78 is 5.38. The number of carbonyl (C=O) groups is 1. The van der Waals surface area contributed by atoms with E-state index in [2.05, 4.69) is 5.32 Å². The van der Waals surface area contributed by atoms with Crippen LogP contribution in [0.15, 0.2) is 64.6 Å². The lowest BCUT2D eigenvalue weighted by Crippen LogP contribution is -2.22. The molecule has 0 aliphatic heterocycles. The number of nitrogens with one attached hydrogen (secondary N) is 1. The lowest BCUT2D eigenvalue weighted by atomic mass is 10.0. The number of furan rings is 1. The molecule has 0 spiro atoms. The van der Waals surface area contributed by atoms with Gasteiger partial charge in [-0.15, -0.1) is 11.3 Å². The van der Waals surface area contributed by atoms with Gasteiger partial charge in [-0.1, -0.05) is 24.3 Å². The van der Waals surface area contributed by atoms with Crippen LogP contribution in [0, 0.1) is 0 Å². The quantitative estimate of drug-likeness (QED) is 0.788. The Labute approximate surface area is 120 Å². The highest BCUT2D eigenvalue weighted by atomic mass is 32.1. The van der Waals surface area contributed by atoms with Crippen LogP contribution in [-0.2, 0) is 6.54 Å². The van der Waals surface area contributed by atoms with Gasteiger partial charge in [-0.2, -0.15) is 0 Å². The zero-order valence-corrected chi connectivity index (χ0v) is 11.5. The third-order valence-electron chi connectivity index (χ3n) is 2.96. The largest absolute Gasteiger partial charge is 0.464 e. The van der Waals surface area contributed by atoms with E-state index >= 15 is 0 Å². The molecule has 2 heterocycles. The van der Waals surface area contributed by atoms with Gasteiger partial charge in [0.1, 0.15) is 5.76 Å². The molecule has 0 aliphatic rings. The fourth-order valence-electron chi connectivity index (χ4n) is 2.00. The van der Waals surface area contributed by atoms with Crippen LogP contribution in [0.4, 0.5) is 0 Å². The molecule has 0 radical (unpaired) electrons. The van der Waals surface area contributed by atoms with Crippen LogP contribution >= 0.6 is 11.3 Å². The molecule has 100 valence electrons. The Hall–Kier alpha value is -2.33. The number of thiophene rings is 1. The molecule has 0 unspecified atom stereocenters. The van der Waals surface area contributed by atoms with Crippen LogP contribution in [0.5, 0.6) is 0 Å². The number of rotatable bonds is 4. The summed E-state index contributed by atoms with van der Waals surface area (Å²) in [6.07, 6.45) is 1.61. The van der Waals surface area contributed by atoms with Crippen LogP contribution in [0.3, 0.4) is 0 Å². The second-order valence-corrected chi connectivity index (χ2v) is 5.32. The molecule has 0 aliphatic carbocycles. The highest BCUT2D eigenvalue weighted by Gasteiger charge is 2.13. The highest BCUT2D eigenvalue weighted by molar-refractivity contribution is 7.09. The van der Waals surface area contributed by atoms with Crippen LogP contribution in [0.2, 0.25) is 0 Å². The average Bonchev–Trinajstić information content (AvgIpc) is 3.18. The zero-order chi connectivity index (χ0) is 13.8. The molecule has 4 heteroatoms. The number of amides is 1. The Morgan fingerprint density at radius 1 is 1.10 bits per heavy atom. The van der Waals surface area contributed by atoms with E-state index in [1.165, 1.54) is 0 Å². The van der Waals surface area contributed by atoms with Gasteiger partial charge in [0, 0.05) is 10.4 Å². The highest BCUT2D eigenvalue weighted by Crippen LogP contribution is 2.24. The molecule has 0 fully saturated rings. The van der Waals surface area contributed by atoms with Crippen LogP contribution < -0.4 is 5.32 Å². The first-order chi connectivity index (χ1) is 9.84. The summed E-state index contributed by atoms with van der Waals surface area (Å²) in [4.78, 5) is 13.4. The van der Waals surface area contributed by atoms with Crippen molar-refractivity contribution in [2.24, 2.45) is 0 Å². The van der Waals surface area contributed by atoms with Crippen LogP contribution in [-0.4, -0.2) is 5.91 Å². The standard InChI is InChI=1S/C16H13NO2S/c18-16(17-11-12-5-4-10-20-12)14-7-2-1-6-13(14)15-8-3-9-19-15/h1-10H,11H2,(H,17,18). The Kier molecular flexibility index (Phi) is 3.65. The Balaban J connectivity index is 1.81. The number of carbonyl (C=O) groups excluding carboxylic acids is 1. The predicted molar refractivity (Wildman–Crippen MR) is 79.6 cm³/mol. The third kappa shape index (κ3) is 2.65. The van der Waals surface area contributed by atoms with Crippen molar-refractivity contribution in [3.63, 3.8) is 0 Å². The second kappa shape index (κ2) is 5.75. The first-order valence-electron chi connectivity index (χ1n) is 6.28. The lowest BCUT2D eigenvalue weighted by molar-refractivity contribution is 0.0952. The van der Waals surface area contributed by atoms with E-state index in [0.29, 0.717) is 17.9 Å². The van der Waals surface area contributed by atoms with Crippen molar-refractivity contribution >= 4 is 17.2 Å². The number of benzene rings is 1. The summed E-state index contributed by atoms with van der Waals surface area (Å²) >= 11 is 1.63. The summed E-state index contributed by atoms with van der Waals surface area (Å²) in [7, 11) is 0. The minimum Gasteiger partial charge on any atom is -0.464 e. The van der Waals surface area contributed by atoms with Crippen molar-refractivity contribution in [1.82, 2.24) is 5.32 Å². The monoisotopic (exact) mass is 283 g/mol. The molecule has 2 aromatic heterocycles. The Bertz CT molecular complexity index is 687. The maximum Gasteiger partial charge on any atom is 0.252 e. The summed E-state index contributed by atoms with van der Waals surface area (Å²) in [5.41, 5.74) is 1.43. The third-order valence-corrected chi connectivity index (χ3v) is 3.84. The van der Waals surface area contributed by atoms with E-state index in [1.807, 2.05) is 53.9 Å². The molecule has 3 aromatic rings. The molecule has 1 aromatic carbocycles. The van der Waals surface area contributed by atoms with Gasteiger partial charge in [0.15, 0.2) is 0 Å². The summed E-state index contributed by atoms with van der Waals surface area (Å²) in [6.45, 7) is 0.545. The number of hydrogen-bond donors (Lipinski definition) is 1. The van der Waals surface area contributed by atoms with Crippen LogP contribution in [0.1, 0.15) is 15.2 Å². The first kappa shape index (κ1) is 12.7. The molecule has 0 saturated carbocycles. The van der Waals surface area contributed by atoms with E-state index in [1.54, 1.807) is 17.6 Å². The molecule has 20 heavy (non-hydrogen) atoms. The molecule has 1 N–H and O–H groups in total. The zero-order valence-electron chi connectivity index (χ0n) is 10.7. The minimum atomic E-state index is -0.0922. The normalized spacial score (nSPS) is 10.4. The van der Waals surface area contributed by atoms with Crippen molar-refractivity contribution in [1.29, 1.82) is 0 Å². The van der Waals surface area contributed by atoms with Gasteiger partial charge in [-0.05, 0) is 29.6 Å². The van der Waals surface area contributed by atoms with Gasteiger partial charge >= 0.3 is 0 Å². The van der Waals surface area contributed by atoms with E-state index in [0.717, 1.165) is 10.4 Å². The van der Waals surface area contributed by atoms with Crippen molar-refractivity contribution in [2.45, 2.75) is 6.54 Å². The van der Waals surface area contributed by atoms with E-state index < -0.39 is 0 Å². The topological polar surface area (TPSA) is 42.2 Å². The molecule has 3 rings (SSSR count). The molecule has 0 bridgehead atoms. The first-order valence-corrected chi connectivity index (χ1v) is 7.16. The van der Waals surface area contributed by atoms with Crippen molar-refractivity contribution < 1.29 is 9.21 Å². The van der Waals surface area contributed by atoms with Gasteiger partial charge in [0.25, 0.3) is 5.91 Å². The van der Waals surface area contributed by atoms with Gasteiger partial charge in [-0.25, -0.2) is 0 Å². The fraction of sp³-hybridized carbons (Fsp3) is 0.0625. The van der Waals surface area contributed by atoms with Gasteiger partial charge in [0.2, 0.25) is 0 Å². The SMILES string of the molecule is O=C(NCc1cccs1)c1ccccc1-c1ccco1. The van der Waals surface area contributed by atoms with Gasteiger partial charge in [-0.3, -0.25) is 4.79 Å². The molecule has 0 atom stereocenters. The van der Waals surface area contributed by atoms with E-state index in [9.17, 15) is 4.79 Å². The molecular formula is C16H13NO2S. The summed E-state index contributed by atoms with van der Waals surface area (Å²) in [5, 5.41) is 4.93. The molecular weight excluding hydrogens is 270 g/mol. The maximum atomic E-state index is 12.3. The fourth-order valence-corrected chi connectivity index (χ4v) is 2.65. The molecule has 0 saturated heterocycles. The van der Waals surface area contributed by atoms with Crippen molar-refractivity contribution in [3.05, 3.63) is 70.6 Å². The predicted octanol–water partition coefficient (Wildman–Crippen LogP) is 3.94. The molecule has 1 amide bonds. The smallest absolute Gasteiger partial charge is 0.252 e. The average molecular weight is 283 g/mol. The van der Waals surface area contributed by atoms with Gasteiger partial charge in [0.05, 0.1) is 18.4 Å². The minimum absolute atomic E-state index is 0.0922. The van der Waals surface area contributed by atoms with Crippen molar-refractivity contribution in [3.8, 4) is 11.3 Å². The maximum absolute atomic E-state index is 12.3. The summed E-state index contributed by atoms with van der Waals surface area (Å²) in [5.74, 6) is 0.609. The van der Waals surface area contributed by atoms with E-state index in [-0.39, 0.29) is 5.91 Å². The Morgan fingerprint density at radius 2 is 2.00 bits per heavy atom. The number of hydrogen-bond acceptors (Lipinski definition) is 3. The van der Waals surface area contributed by atoms with Crippen molar-refractivity contribution in [2.75, 3.05) is 0 Å². The lowest BCUT2D eigenvalue weighted by Gasteiger charge is -2.07. The van der Waals surface area contributed by atoms with Gasteiger partial charge < -0.3 is 9.73 Å². The summed E-state index contributed by atoms with van der Waals surface area (Å²) in [6, 6.07) is 15.1. The van der Waals surface area contributed by atoms with E-state index in [4.69, 9.17) is 4.42 Å². The molecule has 3 nitrogen and oxygen atoms in total. The second-order valence-electron chi connectivity index (χ2n) is 4.28. The van der Waals surface area contributed by atoms with Crippen LogP contribution in [0.25, 0.3) is 11.3 Å². The Morgan fingerprint density at radius 3 is 2.75 bits per heavy atom.